The molecule has 7 rings (SSSR count). The van der Waals surface area contributed by atoms with Crippen LogP contribution in [0.4, 0.5) is 0 Å². The summed E-state index contributed by atoms with van der Waals surface area (Å²) >= 11 is 19.1. The van der Waals surface area contributed by atoms with Crippen LogP contribution in [0.3, 0.4) is 0 Å². The van der Waals surface area contributed by atoms with Crippen LogP contribution in [0.2, 0.25) is 15.1 Å². The predicted molar refractivity (Wildman–Crippen MR) is 229 cm³/mol. The minimum atomic E-state index is -0.161. The Bertz CT molecular complexity index is 1940. The van der Waals surface area contributed by atoms with E-state index in [4.69, 9.17) is 39.9 Å². The number of benzene rings is 3. The normalized spacial score (nSPS) is 22.8. The van der Waals surface area contributed by atoms with Gasteiger partial charge in [-0.25, -0.2) is 4.68 Å². The highest BCUT2D eigenvalue weighted by Gasteiger charge is 2.36. The fraction of sp³-hybridized carbons (Fsp3) is 0.500. The molecule has 56 heavy (non-hydrogen) atoms. The number of hydrogen-bond donors (Lipinski definition) is 1. The first kappa shape index (κ1) is 40.8. The van der Waals surface area contributed by atoms with Crippen molar-refractivity contribution in [1.29, 1.82) is 0 Å². The number of nitrogens with one attached hydrogen (secondary N) is 1. The molecule has 1 N–H and O–H groups in total. The molecule has 1 atom stereocenters. The maximum atomic E-state index is 13.8. The number of likely N-dealkylation sites (tertiary alicyclic amines) is 1. The molecule has 10 heteroatoms. The van der Waals surface area contributed by atoms with Gasteiger partial charge in [0.1, 0.15) is 0 Å². The van der Waals surface area contributed by atoms with Gasteiger partial charge in [-0.05, 0) is 132 Å². The smallest absolute Gasteiger partial charge is 0.272 e. The zero-order valence-corrected chi connectivity index (χ0v) is 35.3. The summed E-state index contributed by atoms with van der Waals surface area (Å²) in [7, 11) is 0. The highest BCUT2D eigenvalue weighted by molar-refractivity contribution is 6.35. The van der Waals surface area contributed by atoms with Crippen LogP contribution in [-0.2, 0) is 4.79 Å². The summed E-state index contributed by atoms with van der Waals surface area (Å²) in [6.07, 6.45) is 12.8. The Morgan fingerprint density at radius 3 is 2.04 bits per heavy atom. The van der Waals surface area contributed by atoms with Gasteiger partial charge in [-0.1, -0.05) is 84.2 Å². The second-order valence-electron chi connectivity index (χ2n) is 16.4. The van der Waals surface area contributed by atoms with E-state index >= 15 is 0 Å². The van der Waals surface area contributed by atoms with Gasteiger partial charge >= 0.3 is 0 Å². The monoisotopic (exact) mass is 815 g/mol. The zero-order chi connectivity index (χ0) is 39.3. The lowest BCUT2D eigenvalue weighted by molar-refractivity contribution is -0.138. The molecule has 2 heterocycles. The van der Waals surface area contributed by atoms with Crippen LogP contribution in [0.5, 0.6) is 0 Å². The molecule has 0 spiro atoms. The summed E-state index contributed by atoms with van der Waals surface area (Å²) in [6.45, 7) is 8.35. The van der Waals surface area contributed by atoms with E-state index in [-0.39, 0.29) is 11.9 Å². The Balaban J connectivity index is 0.911. The predicted octanol–water partition coefficient (Wildman–Crippen LogP) is 11.5. The van der Waals surface area contributed by atoms with E-state index in [0.717, 1.165) is 81.3 Å². The van der Waals surface area contributed by atoms with Crippen molar-refractivity contribution in [3.8, 4) is 16.9 Å². The highest BCUT2D eigenvalue weighted by atomic mass is 35.5. The zero-order valence-electron chi connectivity index (χ0n) is 33.0. The topological polar surface area (TPSA) is 70.5 Å². The second-order valence-corrected chi connectivity index (χ2v) is 17.7. The molecule has 1 unspecified atom stereocenters. The first-order valence-electron chi connectivity index (χ1n) is 20.8. The lowest BCUT2D eigenvalue weighted by Crippen LogP contribution is -2.52. The molecule has 2 amide bonds. The molecule has 3 aromatic carbocycles. The number of hydrogen-bond acceptors (Lipinski definition) is 4. The van der Waals surface area contributed by atoms with Crippen LogP contribution >= 0.6 is 34.8 Å². The molecule has 2 aliphatic carbocycles. The summed E-state index contributed by atoms with van der Waals surface area (Å²) in [5.41, 5.74) is 4.86. The van der Waals surface area contributed by atoms with Crippen molar-refractivity contribution in [1.82, 2.24) is 24.9 Å². The van der Waals surface area contributed by atoms with Crippen LogP contribution in [0.15, 0.2) is 72.8 Å². The van der Waals surface area contributed by atoms with Crippen molar-refractivity contribution in [2.45, 2.75) is 122 Å². The van der Waals surface area contributed by atoms with Gasteiger partial charge in [-0.2, -0.15) is 5.10 Å². The van der Waals surface area contributed by atoms with Gasteiger partial charge in [0.05, 0.1) is 16.4 Å². The lowest BCUT2D eigenvalue weighted by atomic mass is 9.75. The minimum absolute atomic E-state index is 0.118. The number of piperidine rings is 1. The molecule has 1 aromatic heterocycles. The van der Waals surface area contributed by atoms with Gasteiger partial charge in [0.25, 0.3) is 5.91 Å². The van der Waals surface area contributed by atoms with Crippen LogP contribution < -0.4 is 5.32 Å². The first-order chi connectivity index (χ1) is 27.1. The van der Waals surface area contributed by atoms with Crippen LogP contribution in [-0.4, -0.2) is 62.6 Å². The van der Waals surface area contributed by atoms with E-state index in [1.54, 1.807) is 16.8 Å². The van der Waals surface area contributed by atoms with Crippen molar-refractivity contribution in [3.05, 3.63) is 105 Å². The number of carbonyl (C=O) groups is 2. The number of aromatic nitrogens is 2. The maximum Gasteiger partial charge on any atom is 0.272 e. The third-order valence-corrected chi connectivity index (χ3v) is 13.8. The third kappa shape index (κ3) is 9.33. The van der Waals surface area contributed by atoms with E-state index < -0.39 is 0 Å². The summed E-state index contributed by atoms with van der Waals surface area (Å²) in [5.74, 6) is 1.57. The maximum absolute atomic E-state index is 13.8. The van der Waals surface area contributed by atoms with Crippen molar-refractivity contribution >= 4 is 46.6 Å². The Morgan fingerprint density at radius 1 is 0.804 bits per heavy atom. The second kappa shape index (κ2) is 18.5. The van der Waals surface area contributed by atoms with Gasteiger partial charge in [0, 0.05) is 64.8 Å². The molecule has 0 radical (unpaired) electrons. The molecular weight excluding hydrogens is 761 g/mol. The van der Waals surface area contributed by atoms with Crippen molar-refractivity contribution in [2.24, 2.45) is 11.8 Å². The van der Waals surface area contributed by atoms with Crippen molar-refractivity contribution in [3.63, 3.8) is 0 Å². The van der Waals surface area contributed by atoms with Gasteiger partial charge in [0.2, 0.25) is 5.91 Å². The largest absolute Gasteiger partial charge is 0.348 e. The summed E-state index contributed by atoms with van der Waals surface area (Å²) in [5, 5.41) is 9.77. The molecule has 1 aliphatic heterocycles. The van der Waals surface area contributed by atoms with Crippen LogP contribution in [0, 0.1) is 18.8 Å². The first-order valence-corrected chi connectivity index (χ1v) is 21.9. The molecule has 7 nitrogen and oxygen atoms in total. The number of carbonyl (C=O) groups excluding carboxylic acids is 2. The van der Waals surface area contributed by atoms with Crippen LogP contribution in [0.25, 0.3) is 16.9 Å². The number of halogens is 3. The molecule has 298 valence electrons. The van der Waals surface area contributed by atoms with Crippen molar-refractivity contribution in [2.75, 3.05) is 13.1 Å². The number of nitrogens with zero attached hydrogens (tertiary/aromatic N) is 4. The quantitative estimate of drug-likeness (QED) is 0.164. The molecule has 2 saturated carbocycles. The summed E-state index contributed by atoms with van der Waals surface area (Å²) < 4.78 is 1.74. The molecular formula is C46H56Cl3N5O2. The molecule has 1 saturated heterocycles. The molecule has 0 bridgehead atoms. The molecule has 3 fully saturated rings. The van der Waals surface area contributed by atoms with Gasteiger partial charge in [-0.15, -0.1) is 0 Å². The van der Waals surface area contributed by atoms with Crippen molar-refractivity contribution < 1.29 is 9.59 Å². The van der Waals surface area contributed by atoms with Gasteiger partial charge < -0.3 is 10.2 Å². The third-order valence-electron chi connectivity index (χ3n) is 13.0. The summed E-state index contributed by atoms with van der Waals surface area (Å²) in [6, 6.07) is 24.8. The van der Waals surface area contributed by atoms with Crippen LogP contribution in [0.1, 0.15) is 119 Å². The molecule has 4 aromatic rings. The minimum Gasteiger partial charge on any atom is -0.348 e. The van der Waals surface area contributed by atoms with Gasteiger partial charge in [-0.3, -0.25) is 14.5 Å². The number of rotatable bonds is 11. The average molecular weight is 817 g/mol. The summed E-state index contributed by atoms with van der Waals surface area (Å²) in [4.78, 5) is 32.2. The highest BCUT2D eigenvalue weighted by Crippen LogP contribution is 2.39. The standard InChI is InChI=1S/C46H56Cl3N5O2/c1-4-43(55)53(40-24-26-52(27-25-40)31(3)34-8-6-5-7-9-34)39-21-12-33(13-22-39)28-32-10-19-38(20-11-32)50-46(56)44-30(2)45(35-14-16-36(47)17-15-35)54(51-44)42-23-18-37(48)29-41(42)49/h5-9,14-18,23,29,31-33,38-40H,4,10-13,19-22,24-28H2,1-3H3,(H,50,56). The number of amides is 2. The molecule has 3 aliphatic rings. The van der Waals surface area contributed by atoms with E-state index in [9.17, 15) is 9.59 Å². The fourth-order valence-corrected chi connectivity index (χ4v) is 10.4. The van der Waals surface area contributed by atoms with E-state index in [2.05, 4.69) is 52.4 Å². The fourth-order valence-electron chi connectivity index (χ4n) is 9.79. The Labute approximate surface area is 348 Å². The van der Waals surface area contributed by atoms with Gasteiger partial charge in [0.15, 0.2) is 5.69 Å². The van der Waals surface area contributed by atoms with E-state index in [1.165, 1.54) is 24.8 Å². The van der Waals surface area contributed by atoms with E-state index in [0.29, 0.717) is 68.7 Å². The Kier molecular flexibility index (Phi) is 13.5. The Hall–Kier alpha value is -3.36. The average Bonchev–Trinajstić information content (AvgIpc) is 3.56. The SMILES string of the molecule is CCC(=O)N(C1CCC(CC2CCC(NC(=O)c3nn(-c4ccc(Cl)cc4Cl)c(-c4ccc(Cl)cc4)c3C)CC2)CC1)C1CCN(C(C)c2ccccc2)CC1. The Morgan fingerprint density at radius 2 is 1.41 bits per heavy atom. The van der Waals surface area contributed by atoms with E-state index in [1.807, 2.05) is 44.2 Å². The lowest BCUT2D eigenvalue weighted by Gasteiger charge is -2.46.